The van der Waals surface area contributed by atoms with Gasteiger partial charge < -0.3 is 10.4 Å². The number of aryl methyl sites for hydroxylation is 2. The van der Waals surface area contributed by atoms with Crippen LogP contribution in [0, 0.1) is 6.92 Å². The SMILES string of the molecule is Cc1nn(C)cc1C(=O)C[C@]1(O)C(=O)Nc2ccccc21. The Morgan fingerprint density at radius 2 is 2.14 bits per heavy atom. The number of anilines is 1. The van der Waals surface area contributed by atoms with Crippen molar-refractivity contribution in [3.8, 4) is 0 Å². The quantitative estimate of drug-likeness (QED) is 0.828. The highest BCUT2D eigenvalue weighted by atomic mass is 16.3. The predicted octanol–water partition coefficient (Wildman–Crippen LogP) is 1.14. The van der Waals surface area contributed by atoms with E-state index in [1.165, 1.54) is 4.68 Å². The molecule has 0 fully saturated rings. The first-order valence-corrected chi connectivity index (χ1v) is 6.58. The van der Waals surface area contributed by atoms with Crippen LogP contribution >= 0.6 is 0 Å². The van der Waals surface area contributed by atoms with Crippen molar-refractivity contribution in [2.24, 2.45) is 7.05 Å². The number of nitrogens with zero attached hydrogens (tertiary/aromatic N) is 2. The Balaban J connectivity index is 1.96. The summed E-state index contributed by atoms with van der Waals surface area (Å²) in [6, 6.07) is 6.84. The molecule has 1 amide bonds. The number of aromatic nitrogens is 2. The molecule has 2 heterocycles. The van der Waals surface area contributed by atoms with Gasteiger partial charge in [0.05, 0.1) is 17.7 Å². The summed E-state index contributed by atoms with van der Waals surface area (Å²) in [6.45, 7) is 1.72. The minimum Gasteiger partial charge on any atom is -0.375 e. The molecule has 0 saturated carbocycles. The summed E-state index contributed by atoms with van der Waals surface area (Å²) in [5.41, 5.74) is 0.155. The minimum absolute atomic E-state index is 0.303. The number of amides is 1. The van der Waals surface area contributed by atoms with E-state index >= 15 is 0 Å². The molecule has 0 radical (unpaired) electrons. The van der Waals surface area contributed by atoms with Gasteiger partial charge in [0.25, 0.3) is 5.91 Å². The molecule has 1 aliphatic rings. The molecule has 1 atom stereocenters. The Kier molecular flexibility index (Phi) is 2.91. The fourth-order valence-corrected chi connectivity index (χ4v) is 2.68. The Bertz CT molecular complexity index is 750. The summed E-state index contributed by atoms with van der Waals surface area (Å²) in [5.74, 6) is -0.881. The van der Waals surface area contributed by atoms with E-state index in [0.717, 1.165) is 0 Å². The molecule has 0 unspecified atom stereocenters. The van der Waals surface area contributed by atoms with Gasteiger partial charge in [-0.25, -0.2) is 0 Å². The zero-order valence-electron chi connectivity index (χ0n) is 11.8. The number of Topliss-reactive ketones (excluding diaryl/α,β-unsaturated/α-hetero) is 1. The van der Waals surface area contributed by atoms with Crippen molar-refractivity contribution in [1.82, 2.24) is 9.78 Å². The number of carbonyl (C=O) groups is 2. The van der Waals surface area contributed by atoms with Gasteiger partial charge in [0.1, 0.15) is 0 Å². The molecule has 6 nitrogen and oxygen atoms in total. The number of ketones is 1. The molecule has 0 spiro atoms. The standard InChI is InChI=1S/C15H15N3O3/c1-9-10(8-18(2)17-9)13(19)7-15(21)11-5-3-4-6-12(11)16-14(15)20/h3-6,8,21H,7H2,1-2H3,(H,16,20)/t15-/m1/s1. The average Bonchev–Trinajstić information content (AvgIpc) is 2.89. The molecule has 2 N–H and O–H groups in total. The van der Waals surface area contributed by atoms with E-state index < -0.39 is 11.5 Å². The molecule has 1 aromatic heterocycles. The van der Waals surface area contributed by atoms with Gasteiger partial charge in [-0.15, -0.1) is 0 Å². The summed E-state index contributed by atoms with van der Waals surface area (Å²) in [6.07, 6.45) is 1.29. The smallest absolute Gasteiger partial charge is 0.261 e. The molecule has 2 aromatic rings. The van der Waals surface area contributed by atoms with Gasteiger partial charge >= 0.3 is 0 Å². The van der Waals surface area contributed by atoms with Crippen LogP contribution in [-0.4, -0.2) is 26.6 Å². The zero-order valence-corrected chi connectivity index (χ0v) is 11.8. The highest BCUT2D eigenvalue weighted by Gasteiger charge is 2.46. The molecule has 3 rings (SSSR count). The maximum absolute atomic E-state index is 12.4. The van der Waals surface area contributed by atoms with Gasteiger partial charge in [0.2, 0.25) is 0 Å². The lowest BCUT2D eigenvalue weighted by molar-refractivity contribution is -0.133. The van der Waals surface area contributed by atoms with Crippen LogP contribution in [0.4, 0.5) is 5.69 Å². The number of nitrogens with one attached hydrogen (secondary N) is 1. The van der Waals surface area contributed by atoms with Crippen molar-refractivity contribution < 1.29 is 14.7 Å². The van der Waals surface area contributed by atoms with E-state index in [1.54, 1.807) is 44.4 Å². The highest BCUT2D eigenvalue weighted by Crippen LogP contribution is 2.38. The van der Waals surface area contributed by atoms with Gasteiger partial charge in [-0.2, -0.15) is 5.10 Å². The molecular formula is C15H15N3O3. The molecule has 21 heavy (non-hydrogen) atoms. The molecule has 0 saturated heterocycles. The number of hydrogen-bond donors (Lipinski definition) is 2. The first-order chi connectivity index (χ1) is 9.91. The summed E-state index contributed by atoms with van der Waals surface area (Å²) in [5, 5.41) is 17.4. The number of rotatable bonds is 3. The molecule has 108 valence electrons. The van der Waals surface area contributed by atoms with Gasteiger partial charge in [0, 0.05) is 24.5 Å². The first-order valence-electron chi connectivity index (χ1n) is 6.58. The van der Waals surface area contributed by atoms with E-state index in [9.17, 15) is 14.7 Å². The summed E-state index contributed by atoms with van der Waals surface area (Å²) >= 11 is 0. The molecule has 0 aliphatic carbocycles. The molecule has 6 heteroatoms. The molecule has 1 aromatic carbocycles. The van der Waals surface area contributed by atoms with Crippen LogP contribution in [0.5, 0.6) is 0 Å². The summed E-state index contributed by atoms with van der Waals surface area (Å²) in [7, 11) is 1.72. The Morgan fingerprint density at radius 3 is 2.81 bits per heavy atom. The third-order valence-electron chi connectivity index (χ3n) is 3.73. The Morgan fingerprint density at radius 1 is 1.43 bits per heavy atom. The van der Waals surface area contributed by atoms with Crippen LogP contribution in [0.3, 0.4) is 0 Å². The van der Waals surface area contributed by atoms with Crippen LogP contribution in [0.2, 0.25) is 0 Å². The summed E-state index contributed by atoms with van der Waals surface area (Å²) in [4.78, 5) is 24.5. The van der Waals surface area contributed by atoms with E-state index in [2.05, 4.69) is 10.4 Å². The van der Waals surface area contributed by atoms with Gasteiger partial charge in [-0.05, 0) is 13.0 Å². The number of carbonyl (C=O) groups excluding carboxylic acids is 2. The molecule has 0 bridgehead atoms. The highest BCUT2D eigenvalue weighted by molar-refractivity contribution is 6.09. The fraction of sp³-hybridized carbons (Fsp3) is 0.267. The summed E-state index contributed by atoms with van der Waals surface area (Å²) < 4.78 is 1.54. The van der Waals surface area contributed by atoms with Gasteiger partial charge in [-0.3, -0.25) is 14.3 Å². The van der Waals surface area contributed by atoms with E-state index in [4.69, 9.17) is 0 Å². The van der Waals surface area contributed by atoms with Crippen LogP contribution in [-0.2, 0) is 17.4 Å². The molecular weight excluding hydrogens is 270 g/mol. The van der Waals surface area contributed by atoms with Gasteiger partial charge in [-0.1, -0.05) is 18.2 Å². The Hall–Kier alpha value is -2.47. The van der Waals surface area contributed by atoms with Crippen LogP contribution < -0.4 is 5.32 Å². The second-order valence-electron chi connectivity index (χ2n) is 5.26. The zero-order chi connectivity index (χ0) is 15.2. The normalized spacial score (nSPS) is 20.2. The van der Waals surface area contributed by atoms with Crippen molar-refractivity contribution in [3.63, 3.8) is 0 Å². The first kappa shape index (κ1) is 13.5. The average molecular weight is 285 g/mol. The third-order valence-corrected chi connectivity index (χ3v) is 3.73. The van der Waals surface area contributed by atoms with E-state index in [-0.39, 0.29) is 12.2 Å². The number of hydrogen-bond acceptors (Lipinski definition) is 4. The topological polar surface area (TPSA) is 84.2 Å². The lowest BCUT2D eigenvalue weighted by Crippen LogP contribution is -2.36. The van der Waals surface area contributed by atoms with Crippen LogP contribution in [0.25, 0.3) is 0 Å². The fourth-order valence-electron chi connectivity index (χ4n) is 2.68. The van der Waals surface area contributed by atoms with Crippen LogP contribution in [0.1, 0.15) is 28.0 Å². The van der Waals surface area contributed by atoms with Gasteiger partial charge in [0.15, 0.2) is 11.4 Å². The van der Waals surface area contributed by atoms with Crippen molar-refractivity contribution in [3.05, 3.63) is 47.3 Å². The van der Waals surface area contributed by atoms with E-state index in [1.807, 2.05) is 0 Å². The number of fused-ring (bicyclic) bond motifs is 1. The van der Waals surface area contributed by atoms with Crippen molar-refractivity contribution in [1.29, 1.82) is 0 Å². The second kappa shape index (κ2) is 4.53. The largest absolute Gasteiger partial charge is 0.375 e. The van der Waals surface area contributed by atoms with E-state index in [0.29, 0.717) is 22.5 Å². The molecule has 1 aliphatic heterocycles. The number of benzene rings is 1. The van der Waals surface area contributed by atoms with Crippen LogP contribution in [0.15, 0.2) is 30.5 Å². The minimum atomic E-state index is -1.82. The third kappa shape index (κ3) is 2.04. The predicted molar refractivity (Wildman–Crippen MR) is 75.9 cm³/mol. The second-order valence-corrected chi connectivity index (χ2v) is 5.26. The lowest BCUT2D eigenvalue weighted by atomic mass is 9.88. The monoisotopic (exact) mass is 285 g/mol. The number of para-hydroxylation sites is 1. The van der Waals surface area contributed by atoms with Crippen molar-refractivity contribution in [2.45, 2.75) is 18.9 Å². The maximum Gasteiger partial charge on any atom is 0.261 e. The lowest BCUT2D eigenvalue weighted by Gasteiger charge is -2.19. The van der Waals surface area contributed by atoms with Crippen molar-refractivity contribution in [2.75, 3.05) is 5.32 Å². The maximum atomic E-state index is 12.4. The number of aliphatic hydroxyl groups is 1. The van der Waals surface area contributed by atoms with Crippen molar-refractivity contribution >= 4 is 17.4 Å². The Labute approximate surface area is 121 Å².